The van der Waals surface area contributed by atoms with Gasteiger partial charge < -0.3 is 15.1 Å². The Balaban J connectivity index is 1.47. The van der Waals surface area contributed by atoms with Gasteiger partial charge in [0, 0.05) is 26.1 Å². The third-order valence-electron chi connectivity index (χ3n) is 3.58. The summed E-state index contributed by atoms with van der Waals surface area (Å²) in [6, 6.07) is 4.22. The van der Waals surface area contributed by atoms with Crippen molar-refractivity contribution >= 4 is 5.96 Å². The standard InChI is InChI=1S/C14H20N6O/c1-9-8-10(9)17-14(15-2)16-6-5-12-18-13(20-19-12)11-4-3-7-21-11/h3-4,7,9-10H,5-6,8H2,1-2H3,(H2,15,16,17)(H,18,19,20). The van der Waals surface area contributed by atoms with Gasteiger partial charge >= 0.3 is 0 Å². The molecule has 2 aromatic rings. The number of aromatic amines is 1. The first-order valence-electron chi connectivity index (χ1n) is 7.18. The van der Waals surface area contributed by atoms with Crippen molar-refractivity contribution in [1.29, 1.82) is 0 Å². The highest BCUT2D eigenvalue weighted by atomic mass is 16.3. The van der Waals surface area contributed by atoms with Crippen molar-refractivity contribution in [3.63, 3.8) is 0 Å². The number of H-pyrrole nitrogens is 1. The lowest BCUT2D eigenvalue weighted by molar-refractivity contribution is 0.577. The molecule has 0 saturated heterocycles. The second-order valence-corrected chi connectivity index (χ2v) is 5.30. The van der Waals surface area contributed by atoms with E-state index in [0.717, 1.165) is 30.7 Å². The van der Waals surface area contributed by atoms with Crippen molar-refractivity contribution in [2.24, 2.45) is 10.9 Å². The summed E-state index contributed by atoms with van der Waals surface area (Å²) < 4.78 is 5.26. The van der Waals surface area contributed by atoms with E-state index in [1.807, 2.05) is 12.1 Å². The van der Waals surface area contributed by atoms with Crippen molar-refractivity contribution in [1.82, 2.24) is 25.8 Å². The van der Waals surface area contributed by atoms with Crippen LogP contribution in [0.1, 0.15) is 19.2 Å². The van der Waals surface area contributed by atoms with Crippen LogP contribution in [0.2, 0.25) is 0 Å². The smallest absolute Gasteiger partial charge is 0.216 e. The topological polar surface area (TPSA) is 91.1 Å². The molecule has 0 aromatic carbocycles. The SMILES string of the molecule is CN=C(NCCc1nc(-c2ccco2)n[nH]1)NC1CC1C. The maximum absolute atomic E-state index is 5.26. The van der Waals surface area contributed by atoms with Crippen LogP contribution in [0.3, 0.4) is 0 Å². The summed E-state index contributed by atoms with van der Waals surface area (Å²) in [5, 5.41) is 13.7. The second kappa shape index (κ2) is 5.99. The fraction of sp³-hybridized carbons (Fsp3) is 0.500. The normalized spacial score (nSPS) is 21.3. The minimum Gasteiger partial charge on any atom is -0.461 e. The summed E-state index contributed by atoms with van der Waals surface area (Å²) in [5.74, 6) is 3.67. The van der Waals surface area contributed by atoms with Gasteiger partial charge in [0.25, 0.3) is 0 Å². The van der Waals surface area contributed by atoms with Crippen LogP contribution in [0.4, 0.5) is 0 Å². The monoisotopic (exact) mass is 288 g/mol. The number of guanidine groups is 1. The quantitative estimate of drug-likeness (QED) is 0.567. The first-order chi connectivity index (χ1) is 10.3. The lowest BCUT2D eigenvalue weighted by Gasteiger charge is -2.10. The number of hydrogen-bond acceptors (Lipinski definition) is 4. The maximum atomic E-state index is 5.26. The zero-order valence-electron chi connectivity index (χ0n) is 12.3. The average Bonchev–Trinajstić information content (AvgIpc) is 2.95. The van der Waals surface area contributed by atoms with Crippen LogP contribution in [0, 0.1) is 5.92 Å². The van der Waals surface area contributed by atoms with Crippen molar-refractivity contribution in [3.8, 4) is 11.6 Å². The van der Waals surface area contributed by atoms with Gasteiger partial charge in [-0.15, -0.1) is 0 Å². The number of aromatic nitrogens is 3. The van der Waals surface area contributed by atoms with Gasteiger partial charge in [0.1, 0.15) is 5.82 Å². The lowest BCUT2D eigenvalue weighted by Crippen LogP contribution is -2.40. The van der Waals surface area contributed by atoms with E-state index < -0.39 is 0 Å². The summed E-state index contributed by atoms with van der Waals surface area (Å²) in [6.07, 6.45) is 3.57. The molecule has 1 aliphatic rings. The van der Waals surface area contributed by atoms with Crippen LogP contribution >= 0.6 is 0 Å². The summed E-state index contributed by atoms with van der Waals surface area (Å²) in [6.45, 7) is 2.98. The fourth-order valence-corrected chi connectivity index (χ4v) is 2.12. The summed E-state index contributed by atoms with van der Waals surface area (Å²) in [4.78, 5) is 8.61. The minimum atomic E-state index is 0.562. The maximum Gasteiger partial charge on any atom is 0.216 e. The van der Waals surface area contributed by atoms with Gasteiger partial charge in [-0.3, -0.25) is 10.1 Å². The first kappa shape index (κ1) is 13.7. The Kier molecular flexibility index (Phi) is 3.89. The Bertz CT molecular complexity index is 603. The third-order valence-corrected chi connectivity index (χ3v) is 3.58. The van der Waals surface area contributed by atoms with Crippen LogP contribution in [-0.2, 0) is 6.42 Å². The van der Waals surface area contributed by atoms with E-state index in [1.54, 1.807) is 13.3 Å². The van der Waals surface area contributed by atoms with Gasteiger partial charge in [0.15, 0.2) is 11.7 Å². The number of hydrogen-bond donors (Lipinski definition) is 3. The predicted molar refractivity (Wildman–Crippen MR) is 79.9 cm³/mol. The highest BCUT2D eigenvalue weighted by molar-refractivity contribution is 5.80. The molecule has 3 rings (SSSR count). The van der Waals surface area contributed by atoms with Gasteiger partial charge in [-0.05, 0) is 24.5 Å². The van der Waals surface area contributed by atoms with Crippen LogP contribution in [0.15, 0.2) is 27.8 Å². The average molecular weight is 288 g/mol. The lowest BCUT2D eigenvalue weighted by atomic mass is 10.4. The number of aliphatic imine (C=N–C) groups is 1. The molecule has 0 bridgehead atoms. The van der Waals surface area contributed by atoms with E-state index in [-0.39, 0.29) is 0 Å². The number of nitrogens with zero attached hydrogens (tertiary/aromatic N) is 3. The molecular weight excluding hydrogens is 268 g/mol. The van der Waals surface area contributed by atoms with Gasteiger partial charge in [0.2, 0.25) is 5.82 Å². The van der Waals surface area contributed by atoms with Crippen molar-refractivity contribution in [2.75, 3.05) is 13.6 Å². The summed E-state index contributed by atoms with van der Waals surface area (Å²) in [7, 11) is 1.78. The van der Waals surface area contributed by atoms with E-state index in [0.29, 0.717) is 17.6 Å². The van der Waals surface area contributed by atoms with E-state index in [1.165, 1.54) is 6.42 Å². The molecule has 2 atom stereocenters. The molecule has 0 radical (unpaired) electrons. The Morgan fingerprint density at radius 2 is 2.43 bits per heavy atom. The molecule has 1 fully saturated rings. The number of furan rings is 1. The molecule has 3 N–H and O–H groups in total. The molecule has 7 heteroatoms. The minimum absolute atomic E-state index is 0.562. The third kappa shape index (κ3) is 3.42. The Morgan fingerprint density at radius 1 is 1.57 bits per heavy atom. The van der Waals surface area contributed by atoms with Gasteiger partial charge in [-0.25, -0.2) is 4.98 Å². The largest absolute Gasteiger partial charge is 0.461 e. The Morgan fingerprint density at radius 3 is 3.10 bits per heavy atom. The second-order valence-electron chi connectivity index (χ2n) is 5.30. The van der Waals surface area contributed by atoms with Crippen LogP contribution < -0.4 is 10.6 Å². The van der Waals surface area contributed by atoms with Gasteiger partial charge in [0.05, 0.1) is 6.26 Å². The number of rotatable bonds is 5. The molecular formula is C14H20N6O. The van der Waals surface area contributed by atoms with E-state index >= 15 is 0 Å². The van der Waals surface area contributed by atoms with Crippen molar-refractivity contribution in [2.45, 2.75) is 25.8 Å². The van der Waals surface area contributed by atoms with Crippen LogP contribution in [0.5, 0.6) is 0 Å². The molecule has 2 unspecified atom stereocenters. The van der Waals surface area contributed by atoms with Gasteiger partial charge in [-0.1, -0.05) is 6.92 Å². The molecule has 2 heterocycles. The molecule has 7 nitrogen and oxygen atoms in total. The fourth-order valence-electron chi connectivity index (χ4n) is 2.12. The van der Waals surface area contributed by atoms with E-state index in [9.17, 15) is 0 Å². The summed E-state index contributed by atoms with van der Waals surface area (Å²) >= 11 is 0. The Hall–Kier alpha value is -2.31. The van der Waals surface area contributed by atoms with E-state index in [2.05, 4.69) is 37.7 Å². The van der Waals surface area contributed by atoms with Crippen molar-refractivity contribution in [3.05, 3.63) is 24.2 Å². The molecule has 112 valence electrons. The highest BCUT2D eigenvalue weighted by Gasteiger charge is 2.33. The molecule has 0 spiro atoms. The molecule has 0 amide bonds. The molecule has 21 heavy (non-hydrogen) atoms. The van der Waals surface area contributed by atoms with Crippen molar-refractivity contribution < 1.29 is 4.42 Å². The molecule has 2 aromatic heterocycles. The zero-order valence-corrected chi connectivity index (χ0v) is 12.3. The first-order valence-corrected chi connectivity index (χ1v) is 7.18. The van der Waals surface area contributed by atoms with E-state index in [4.69, 9.17) is 4.42 Å². The molecule has 0 aliphatic heterocycles. The molecule has 1 aliphatic carbocycles. The molecule has 1 saturated carbocycles. The Labute approximate surface area is 123 Å². The van der Waals surface area contributed by atoms with Crippen LogP contribution in [-0.4, -0.2) is 40.8 Å². The predicted octanol–water partition coefficient (Wildman–Crippen LogP) is 1.18. The zero-order chi connectivity index (χ0) is 14.7. The highest BCUT2D eigenvalue weighted by Crippen LogP contribution is 2.28. The van der Waals surface area contributed by atoms with Crippen LogP contribution in [0.25, 0.3) is 11.6 Å². The number of nitrogens with one attached hydrogen (secondary N) is 3. The summed E-state index contributed by atoms with van der Waals surface area (Å²) in [5.41, 5.74) is 0. The van der Waals surface area contributed by atoms with Gasteiger partial charge in [-0.2, -0.15) is 5.10 Å².